The summed E-state index contributed by atoms with van der Waals surface area (Å²) in [4.78, 5) is 11.4. The van der Waals surface area contributed by atoms with Crippen molar-refractivity contribution >= 4 is 40.8 Å². The van der Waals surface area contributed by atoms with Gasteiger partial charge >= 0.3 is 5.97 Å². The van der Waals surface area contributed by atoms with Gasteiger partial charge in [0.25, 0.3) is 0 Å². The van der Waals surface area contributed by atoms with E-state index in [2.05, 4.69) is 0 Å². The quantitative estimate of drug-likeness (QED) is 0.614. The van der Waals surface area contributed by atoms with Crippen molar-refractivity contribution in [3.05, 3.63) is 33.8 Å². The molecule has 0 heterocycles. The molecule has 0 radical (unpaired) electrons. The normalized spacial score (nSPS) is 12.3. The molecule has 0 saturated carbocycles. The van der Waals surface area contributed by atoms with Gasteiger partial charge in [0.15, 0.2) is 5.38 Å². The van der Waals surface area contributed by atoms with Crippen molar-refractivity contribution in [3.63, 3.8) is 0 Å². The topological polar surface area (TPSA) is 26.3 Å². The molecule has 0 aliphatic carbocycles. The molecule has 1 aromatic carbocycles. The molecule has 1 aromatic rings. The van der Waals surface area contributed by atoms with Crippen LogP contribution in [0.2, 0.25) is 10.0 Å². The molecular formula is C10H9Cl3O2. The summed E-state index contributed by atoms with van der Waals surface area (Å²) in [5.41, 5.74) is 0.462. The van der Waals surface area contributed by atoms with Gasteiger partial charge in [-0.2, -0.15) is 0 Å². The number of hydrogen-bond acceptors (Lipinski definition) is 2. The second-order valence-corrected chi connectivity index (χ2v) is 4.06. The maximum atomic E-state index is 11.4. The standard InChI is InChI=1S/C10H9Cl3O2/c1-2-15-10(14)9(13)7-5-6(11)3-4-8(7)12/h3-5,9H,2H2,1H3. The van der Waals surface area contributed by atoms with Crippen molar-refractivity contribution in [2.45, 2.75) is 12.3 Å². The number of hydrogen-bond donors (Lipinski definition) is 0. The lowest BCUT2D eigenvalue weighted by molar-refractivity contribution is -0.142. The number of esters is 1. The summed E-state index contributed by atoms with van der Waals surface area (Å²) in [5.74, 6) is -0.525. The Kier molecular flexibility index (Phi) is 4.71. The average Bonchev–Trinajstić information content (AvgIpc) is 2.21. The Morgan fingerprint density at radius 2 is 2.13 bits per heavy atom. The number of rotatable bonds is 3. The number of carbonyl (C=O) groups excluding carboxylic acids is 1. The van der Waals surface area contributed by atoms with Gasteiger partial charge in [-0.1, -0.05) is 23.2 Å². The molecule has 15 heavy (non-hydrogen) atoms. The summed E-state index contributed by atoms with van der Waals surface area (Å²) in [5, 5.41) is -0.0482. The Morgan fingerprint density at radius 1 is 1.47 bits per heavy atom. The first kappa shape index (κ1) is 12.6. The van der Waals surface area contributed by atoms with Gasteiger partial charge in [0.1, 0.15) is 0 Å². The Bertz CT molecular complexity index is 366. The smallest absolute Gasteiger partial charge is 0.328 e. The van der Waals surface area contributed by atoms with E-state index in [1.807, 2.05) is 0 Å². The number of ether oxygens (including phenoxy) is 1. The molecule has 1 atom stereocenters. The zero-order valence-electron chi connectivity index (χ0n) is 7.97. The van der Waals surface area contributed by atoms with Crippen molar-refractivity contribution < 1.29 is 9.53 Å². The van der Waals surface area contributed by atoms with E-state index in [9.17, 15) is 4.79 Å². The second-order valence-electron chi connectivity index (χ2n) is 2.78. The molecule has 0 spiro atoms. The predicted molar refractivity (Wildman–Crippen MR) is 61.7 cm³/mol. The first-order valence-electron chi connectivity index (χ1n) is 4.32. The number of alkyl halides is 1. The van der Waals surface area contributed by atoms with Crippen LogP contribution in [0.15, 0.2) is 18.2 Å². The van der Waals surface area contributed by atoms with Crippen molar-refractivity contribution in [2.24, 2.45) is 0 Å². The number of halogens is 3. The summed E-state index contributed by atoms with van der Waals surface area (Å²) < 4.78 is 4.78. The highest BCUT2D eigenvalue weighted by molar-refractivity contribution is 6.36. The van der Waals surface area contributed by atoms with Gasteiger partial charge in [0.2, 0.25) is 0 Å². The molecule has 0 N–H and O–H groups in total. The molecular weight excluding hydrogens is 258 g/mol. The average molecular weight is 268 g/mol. The van der Waals surface area contributed by atoms with Crippen LogP contribution in [-0.4, -0.2) is 12.6 Å². The molecule has 0 fully saturated rings. The fourth-order valence-corrected chi connectivity index (χ4v) is 1.76. The molecule has 0 aliphatic heterocycles. The molecule has 0 aliphatic rings. The minimum Gasteiger partial charge on any atom is -0.465 e. The molecule has 0 aromatic heterocycles. The minimum absolute atomic E-state index is 0.278. The van der Waals surface area contributed by atoms with E-state index < -0.39 is 11.3 Å². The first-order chi connectivity index (χ1) is 7.06. The van der Waals surface area contributed by atoms with Crippen LogP contribution < -0.4 is 0 Å². The maximum Gasteiger partial charge on any atom is 0.328 e. The Hall–Kier alpha value is -0.440. The zero-order chi connectivity index (χ0) is 11.4. The Balaban J connectivity index is 2.94. The highest BCUT2D eigenvalue weighted by Crippen LogP contribution is 2.31. The predicted octanol–water partition coefficient (Wildman–Crippen LogP) is 3.84. The van der Waals surface area contributed by atoms with E-state index in [0.29, 0.717) is 15.6 Å². The molecule has 2 nitrogen and oxygen atoms in total. The maximum absolute atomic E-state index is 11.4. The van der Waals surface area contributed by atoms with E-state index in [4.69, 9.17) is 39.5 Å². The molecule has 0 bridgehead atoms. The van der Waals surface area contributed by atoms with Crippen LogP contribution in [-0.2, 0) is 9.53 Å². The molecule has 5 heteroatoms. The van der Waals surface area contributed by atoms with Crippen molar-refractivity contribution in [2.75, 3.05) is 6.61 Å². The highest BCUT2D eigenvalue weighted by atomic mass is 35.5. The van der Waals surface area contributed by atoms with Gasteiger partial charge in [-0.25, -0.2) is 0 Å². The van der Waals surface area contributed by atoms with Crippen molar-refractivity contribution in [3.8, 4) is 0 Å². The van der Waals surface area contributed by atoms with Crippen molar-refractivity contribution in [1.82, 2.24) is 0 Å². The van der Waals surface area contributed by atoms with E-state index >= 15 is 0 Å². The van der Waals surface area contributed by atoms with Crippen LogP contribution in [0.5, 0.6) is 0 Å². The van der Waals surface area contributed by atoms with E-state index in [-0.39, 0.29) is 6.61 Å². The lowest BCUT2D eigenvalue weighted by Crippen LogP contribution is -2.11. The van der Waals surface area contributed by atoms with Gasteiger partial charge in [-0.3, -0.25) is 4.79 Å². The SMILES string of the molecule is CCOC(=O)C(Cl)c1cc(Cl)ccc1Cl. The lowest BCUT2D eigenvalue weighted by atomic mass is 10.1. The van der Waals surface area contributed by atoms with Gasteiger partial charge in [-0.15, -0.1) is 11.6 Å². The van der Waals surface area contributed by atoms with Crippen LogP contribution in [0.25, 0.3) is 0 Å². The zero-order valence-corrected chi connectivity index (χ0v) is 10.2. The highest BCUT2D eigenvalue weighted by Gasteiger charge is 2.21. The summed E-state index contributed by atoms with van der Waals surface area (Å²) in [6, 6.07) is 4.77. The van der Waals surface area contributed by atoms with Crippen LogP contribution in [0.1, 0.15) is 17.9 Å². The number of benzene rings is 1. The van der Waals surface area contributed by atoms with Crippen LogP contribution in [0.3, 0.4) is 0 Å². The van der Waals surface area contributed by atoms with Gasteiger partial charge in [0, 0.05) is 15.6 Å². The second kappa shape index (κ2) is 5.59. The van der Waals surface area contributed by atoms with Crippen LogP contribution >= 0.6 is 34.8 Å². The van der Waals surface area contributed by atoms with Gasteiger partial charge in [-0.05, 0) is 25.1 Å². The van der Waals surface area contributed by atoms with Crippen LogP contribution in [0, 0.1) is 0 Å². The monoisotopic (exact) mass is 266 g/mol. The molecule has 0 amide bonds. The lowest BCUT2D eigenvalue weighted by Gasteiger charge is -2.10. The summed E-state index contributed by atoms with van der Waals surface area (Å²) in [6.45, 7) is 1.99. The summed E-state index contributed by atoms with van der Waals surface area (Å²) >= 11 is 17.6. The van der Waals surface area contributed by atoms with Crippen molar-refractivity contribution in [1.29, 1.82) is 0 Å². The Morgan fingerprint density at radius 3 is 2.73 bits per heavy atom. The van der Waals surface area contributed by atoms with Crippen LogP contribution in [0.4, 0.5) is 0 Å². The fraction of sp³-hybridized carbons (Fsp3) is 0.300. The summed E-state index contributed by atoms with van der Waals surface area (Å²) in [7, 11) is 0. The number of carbonyl (C=O) groups is 1. The van der Waals surface area contributed by atoms with Gasteiger partial charge in [0.05, 0.1) is 6.61 Å². The Labute approximate surface area is 103 Å². The molecule has 1 rings (SSSR count). The third kappa shape index (κ3) is 3.26. The van der Waals surface area contributed by atoms with E-state index in [1.165, 1.54) is 0 Å². The largest absolute Gasteiger partial charge is 0.465 e. The summed E-state index contributed by atoms with van der Waals surface area (Å²) in [6.07, 6.45) is 0. The first-order valence-corrected chi connectivity index (χ1v) is 5.51. The third-order valence-electron chi connectivity index (χ3n) is 1.72. The van der Waals surface area contributed by atoms with E-state index in [0.717, 1.165) is 0 Å². The minimum atomic E-state index is -0.920. The van der Waals surface area contributed by atoms with Gasteiger partial charge < -0.3 is 4.74 Å². The molecule has 82 valence electrons. The molecule has 0 saturated heterocycles. The third-order valence-corrected chi connectivity index (χ3v) is 2.72. The molecule has 1 unspecified atom stereocenters. The fourth-order valence-electron chi connectivity index (χ4n) is 1.05. The van der Waals surface area contributed by atoms with E-state index in [1.54, 1.807) is 25.1 Å².